The maximum Gasteiger partial charge on any atom is 0.515 e. The summed E-state index contributed by atoms with van der Waals surface area (Å²) in [5, 5.41) is 4.16. The maximum atomic E-state index is 14.1. The van der Waals surface area contributed by atoms with E-state index in [0.29, 0.717) is 24.6 Å². The molecule has 0 spiro atoms. The number of alkyl halides is 2. The van der Waals surface area contributed by atoms with Crippen LogP contribution in [0.15, 0.2) is 72.8 Å². The van der Waals surface area contributed by atoms with Crippen molar-refractivity contribution in [3.8, 4) is 22.6 Å². The van der Waals surface area contributed by atoms with E-state index >= 15 is 0 Å². The predicted molar refractivity (Wildman–Crippen MR) is 129 cm³/mol. The summed E-state index contributed by atoms with van der Waals surface area (Å²) in [5.41, 5.74) is 1.75. The lowest BCUT2D eigenvalue weighted by molar-refractivity contribution is 0.299. The average Bonchev–Trinajstić information content (AvgIpc) is 2.93. The van der Waals surface area contributed by atoms with Gasteiger partial charge in [0.15, 0.2) is 0 Å². The Balaban J connectivity index is 1.85. The van der Waals surface area contributed by atoms with Gasteiger partial charge in [0.05, 0.1) is 0 Å². The highest BCUT2D eigenvalue weighted by Gasteiger charge is 2.41. The van der Waals surface area contributed by atoms with Crippen LogP contribution in [0.4, 0.5) is 0 Å². The molecule has 1 aliphatic heterocycles. The molecule has 0 saturated carbocycles. The molecule has 0 amide bonds. The average molecular weight is 472 g/mol. The van der Waals surface area contributed by atoms with Crippen molar-refractivity contribution in [1.29, 1.82) is 0 Å². The largest absolute Gasteiger partial charge is 0.515 e. The zero-order valence-corrected chi connectivity index (χ0v) is 19.0. The molecule has 0 unspecified atom stereocenters. The summed E-state index contributed by atoms with van der Waals surface area (Å²) in [6, 6.07) is 23.9. The van der Waals surface area contributed by atoms with Gasteiger partial charge in [-0.15, -0.1) is 23.2 Å². The molecular formula is C24H20Cl2NO3P. The second-order valence-corrected chi connectivity index (χ2v) is 9.93. The van der Waals surface area contributed by atoms with Crippen molar-refractivity contribution in [1.82, 2.24) is 4.67 Å². The Morgan fingerprint density at radius 1 is 0.677 bits per heavy atom. The van der Waals surface area contributed by atoms with Crippen molar-refractivity contribution < 1.29 is 13.6 Å². The number of hydrogen-bond donors (Lipinski definition) is 0. The van der Waals surface area contributed by atoms with Gasteiger partial charge in [0, 0.05) is 36.0 Å². The summed E-state index contributed by atoms with van der Waals surface area (Å²) in [7, 11) is -3.76. The first-order valence-corrected chi connectivity index (χ1v) is 12.6. The molecule has 7 heteroatoms. The van der Waals surface area contributed by atoms with Gasteiger partial charge < -0.3 is 9.05 Å². The zero-order valence-electron chi connectivity index (χ0n) is 16.6. The Morgan fingerprint density at radius 3 is 1.58 bits per heavy atom. The molecule has 0 atom stereocenters. The van der Waals surface area contributed by atoms with Crippen molar-refractivity contribution in [3.05, 3.63) is 72.8 Å². The molecule has 0 N–H and O–H groups in total. The SMILES string of the molecule is O=P1(N(CCCl)CCCl)Oc2ccc3ccccc3c2-c2c(ccc3ccccc23)O1. The fraction of sp³-hybridized carbons (Fsp3) is 0.167. The van der Waals surface area contributed by atoms with Gasteiger partial charge >= 0.3 is 7.75 Å². The van der Waals surface area contributed by atoms with Gasteiger partial charge in [-0.1, -0.05) is 60.7 Å². The first-order chi connectivity index (χ1) is 15.1. The van der Waals surface area contributed by atoms with E-state index in [4.69, 9.17) is 32.2 Å². The molecule has 0 fully saturated rings. The van der Waals surface area contributed by atoms with E-state index in [0.717, 1.165) is 32.7 Å². The molecule has 31 heavy (non-hydrogen) atoms. The molecule has 0 radical (unpaired) electrons. The second kappa shape index (κ2) is 8.37. The normalized spacial score (nSPS) is 14.5. The molecule has 0 bridgehead atoms. The highest BCUT2D eigenvalue weighted by atomic mass is 35.5. The lowest BCUT2D eigenvalue weighted by Crippen LogP contribution is -2.29. The minimum Gasteiger partial charge on any atom is -0.404 e. The summed E-state index contributed by atoms with van der Waals surface area (Å²) in [4.78, 5) is 0. The van der Waals surface area contributed by atoms with Crippen molar-refractivity contribution in [2.45, 2.75) is 0 Å². The molecule has 0 aliphatic carbocycles. The van der Waals surface area contributed by atoms with Crippen LogP contribution >= 0.6 is 30.9 Å². The fourth-order valence-electron chi connectivity index (χ4n) is 4.11. The van der Waals surface area contributed by atoms with E-state index in [1.54, 1.807) is 4.67 Å². The van der Waals surface area contributed by atoms with Crippen LogP contribution in [-0.2, 0) is 4.57 Å². The molecule has 4 aromatic carbocycles. The van der Waals surface area contributed by atoms with Gasteiger partial charge in [-0.3, -0.25) is 0 Å². The summed E-state index contributed by atoms with van der Waals surface area (Å²) in [6.07, 6.45) is 0. The number of fused-ring (bicyclic) bond motifs is 7. The number of nitrogens with zero attached hydrogens (tertiary/aromatic N) is 1. The van der Waals surface area contributed by atoms with E-state index in [1.807, 2.05) is 48.5 Å². The third-order valence-electron chi connectivity index (χ3n) is 5.49. The number of halogens is 2. The van der Waals surface area contributed by atoms with Crippen LogP contribution in [0.3, 0.4) is 0 Å². The van der Waals surface area contributed by atoms with Crippen LogP contribution in [0.2, 0.25) is 0 Å². The third-order valence-corrected chi connectivity index (χ3v) is 7.78. The molecule has 5 rings (SSSR count). The van der Waals surface area contributed by atoms with Gasteiger partial charge in [-0.2, -0.15) is 4.67 Å². The maximum absolute atomic E-state index is 14.1. The Hall–Kier alpha value is -2.23. The van der Waals surface area contributed by atoms with Crippen LogP contribution in [0.5, 0.6) is 11.5 Å². The fourth-order valence-corrected chi connectivity index (χ4v) is 6.51. The molecule has 4 nitrogen and oxygen atoms in total. The van der Waals surface area contributed by atoms with Gasteiger partial charge in [-0.25, -0.2) is 4.57 Å². The number of benzene rings is 4. The number of rotatable bonds is 5. The molecule has 4 aromatic rings. The highest BCUT2D eigenvalue weighted by molar-refractivity contribution is 7.52. The molecule has 1 aliphatic rings. The van der Waals surface area contributed by atoms with Crippen LogP contribution in [0.25, 0.3) is 32.7 Å². The van der Waals surface area contributed by atoms with Gasteiger partial charge in [0.2, 0.25) is 0 Å². The first-order valence-electron chi connectivity index (χ1n) is 10.0. The summed E-state index contributed by atoms with van der Waals surface area (Å²) in [5.74, 6) is 1.60. The van der Waals surface area contributed by atoms with E-state index in [1.165, 1.54) is 0 Å². The van der Waals surface area contributed by atoms with Crippen LogP contribution in [0.1, 0.15) is 0 Å². The van der Waals surface area contributed by atoms with Crippen molar-refractivity contribution in [3.63, 3.8) is 0 Å². The third kappa shape index (κ3) is 3.58. The van der Waals surface area contributed by atoms with Crippen molar-refractivity contribution >= 4 is 52.5 Å². The Labute approximate surface area is 190 Å². The smallest absolute Gasteiger partial charge is 0.404 e. The quantitative estimate of drug-likeness (QED) is 0.225. The van der Waals surface area contributed by atoms with Crippen LogP contribution in [-0.4, -0.2) is 29.5 Å². The minimum atomic E-state index is -3.76. The summed E-state index contributed by atoms with van der Waals surface area (Å²) >= 11 is 12.0. The topological polar surface area (TPSA) is 38.8 Å². The summed E-state index contributed by atoms with van der Waals surface area (Å²) in [6.45, 7) is 0.661. The van der Waals surface area contributed by atoms with E-state index in [-0.39, 0.29) is 11.8 Å². The standard InChI is InChI=1S/C24H20Cl2NO3P/c25-13-15-27(16-14-26)31(28)29-21-11-9-17-5-1-3-7-19(17)23(21)24-20-8-4-2-6-18(20)10-12-22(24)30-31/h1-12H,13-16H2. The van der Waals surface area contributed by atoms with Crippen molar-refractivity contribution in [2.75, 3.05) is 24.8 Å². The van der Waals surface area contributed by atoms with Gasteiger partial charge in [-0.05, 0) is 33.7 Å². The lowest BCUT2D eigenvalue weighted by Gasteiger charge is -2.28. The molecule has 0 saturated heterocycles. The molecule has 158 valence electrons. The molecular weight excluding hydrogens is 452 g/mol. The lowest BCUT2D eigenvalue weighted by atomic mass is 9.92. The van der Waals surface area contributed by atoms with Crippen molar-refractivity contribution in [2.24, 2.45) is 0 Å². The van der Waals surface area contributed by atoms with Gasteiger partial charge in [0.25, 0.3) is 0 Å². The monoisotopic (exact) mass is 471 g/mol. The summed E-state index contributed by atoms with van der Waals surface area (Å²) < 4.78 is 28.1. The zero-order chi connectivity index (χ0) is 21.4. The van der Waals surface area contributed by atoms with Gasteiger partial charge in [0.1, 0.15) is 11.5 Å². The second-order valence-electron chi connectivity index (χ2n) is 7.30. The van der Waals surface area contributed by atoms with Crippen LogP contribution < -0.4 is 9.05 Å². The highest BCUT2D eigenvalue weighted by Crippen LogP contribution is 2.60. The van der Waals surface area contributed by atoms with E-state index < -0.39 is 7.75 Å². The molecule has 1 heterocycles. The number of hydrogen-bond acceptors (Lipinski definition) is 3. The Kier molecular flexibility index (Phi) is 5.58. The van der Waals surface area contributed by atoms with E-state index in [9.17, 15) is 4.57 Å². The first kappa shape index (κ1) is 20.7. The Morgan fingerprint density at radius 2 is 1.13 bits per heavy atom. The Bertz CT molecular complexity index is 1230. The molecule has 0 aromatic heterocycles. The predicted octanol–water partition coefficient (Wildman–Crippen LogP) is 7.32. The van der Waals surface area contributed by atoms with E-state index in [2.05, 4.69) is 24.3 Å². The minimum absolute atomic E-state index is 0.281. The van der Waals surface area contributed by atoms with Crippen LogP contribution in [0, 0.1) is 0 Å².